The Labute approximate surface area is 170 Å². The van der Waals surface area contributed by atoms with Crippen LogP contribution in [0.2, 0.25) is 0 Å². The first-order valence-electron chi connectivity index (χ1n) is 9.57. The molecule has 1 aromatic heterocycles. The Morgan fingerprint density at radius 2 is 1.90 bits per heavy atom. The number of rotatable bonds is 8. The summed E-state index contributed by atoms with van der Waals surface area (Å²) in [5.74, 6) is 2.01. The van der Waals surface area contributed by atoms with Crippen molar-refractivity contribution in [2.45, 2.75) is 34.3 Å². The quantitative estimate of drug-likeness (QED) is 0.577. The van der Waals surface area contributed by atoms with Crippen LogP contribution < -0.4 is 14.8 Å². The minimum absolute atomic E-state index is 0.169. The molecule has 1 N–H and O–H groups in total. The van der Waals surface area contributed by atoms with Gasteiger partial charge in [0.1, 0.15) is 30.5 Å². The van der Waals surface area contributed by atoms with E-state index in [9.17, 15) is 4.79 Å². The summed E-state index contributed by atoms with van der Waals surface area (Å²) in [6.45, 7) is 8.93. The fourth-order valence-corrected chi connectivity index (χ4v) is 2.98. The molecule has 0 radical (unpaired) electrons. The maximum Gasteiger partial charge on any atom is 0.251 e. The van der Waals surface area contributed by atoms with Gasteiger partial charge < -0.3 is 19.3 Å². The number of benzene rings is 2. The van der Waals surface area contributed by atoms with Crippen LogP contribution in [0.3, 0.4) is 0 Å². The van der Waals surface area contributed by atoms with Crippen molar-refractivity contribution in [2.24, 2.45) is 0 Å². The maximum atomic E-state index is 12.4. The minimum Gasteiger partial charge on any atom is -0.491 e. The summed E-state index contributed by atoms with van der Waals surface area (Å²) >= 11 is 0. The normalized spacial score (nSPS) is 10.6. The smallest absolute Gasteiger partial charge is 0.251 e. The number of nitrogens with one attached hydrogen (secondary N) is 1. The second-order valence-corrected chi connectivity index (χ2v) is 6.99. The van der Waals surface area contributed by atoms with Gasteiger partial charge in [-0.3, -0.25) is 4.79 Å². The van der Waals surface area contributed by atoms with Crippen molar-refractivity contribution in [1.29, 1.82) is 0 Å². The van der Waals surface area contributed by atoms with Crippen molar-refractivity contribution >= 4 is 5.91 Å². The first-order chi connectivity index (χ1) is 13.9. The summed E-state index contributed by atoms with van der Waals surface area (Å²) in [7, 11) is 0. The molecule has 3 aromatic rings. The van der Waals surface area contributed by atoms with Gasteiger partial charge in [0.25, 0.3) is 5.91 Å². The molecule has 3 rings (SSSR count). The van der Waals surface area contributed by atoms with Crippen molar-refractivity contribution in [3.8, 4) is 11.5 Å². The van der Waals surface area contributed by atoms with Gasteiger partial charge >= 0.3 is 0 Å². The molecule has 1 amide bonds. The summed E-state index contributed by atoms with van der Waals surface area (Å²) in [6.07, 6.45) is 0. The lowest BCUT2D eigenvalue weighted by Crippen LogP contribution is -2.28. The van der Waals surface area contributed by atoms with Crippen LogP contribution in [0.1, 0.15) is 38.5 Å². The molecule has 152 valence electrons. The third-order valence-electron chi connectivity index (χ3n) is 4.64. The molecule has 0 aliphatic carbocycles. The van der Waals surface area contributed by atoms with Gasteiger partial charge in [0.05, 0.1) is 17.8 Å². The Hall–Kier alpha value is -3.28. The average molecular weight is 394 g/mol. The molecule has 0 aliphatic rings. The van der Waals surface area contributed by atoms with Gasteiger partial charge in [0.15, 0.2) is 0 Å². The van der Waals surface area contributed by atoms with Crippen LogP contribution in [-0.4, -0.2) is 24.2 Å². The lowest BCUT2D eigenvalue weighted by molar-refractivity contribution is 0.0946. The third kappa shape index (κ3) is 5.38. The van der Waals surface area contributed by atoms with Crippen molar-refractivity contribution in [3.05, 3.63) is 76.2 Å². The van der Waals surface area contributed by atoms with Gasteiger partial charge in [0.2, 0.25) is 0 Å². The average Bonchev–Trinajstić information content (AvgIpc) is 3.02. The van der Waals surface area contributed by atoms with Crippen LogP contribution in [0.15, 0.2) is 47.0 Å². The summed E-state index contributed by atoms with van der Waals surface area (Å²) < 4.78 is 16.7. The van der Waals surface area contributed by atoms with E-state index in [0.29, 0.717) is 31.1 Å². The molecule has 0 spiro atoms. The second kappa shape index (κ2) is 9.28. The van der Waals surface area contributed by atoms with Crippen molar-refractivity contribution in [2.75, 3.05) is 13.2 Å². The lowest BCUT2D eigenvalue weighted by Gasteiger charge is -2.11. The Kier molecular flexibility index (Phi) is 6.54. The zero-order valence-corrected chi connectivity index (χ0v) is 17.2. The summed E-state index contributed by atoms with van der Waals surface area (Å²) in [4.78, 5) is 12.4. The number of aryl methyl sites for hydroxylation is 4. The molecule has 0 saturated carbocycles. The molecule has 1 heterocycles. The van der Waals surface area contributed by atoms with E-state index in [1.807, 2.05) is 45.9 Å². The molecule has 0 fully saturated rings. The number of carbonyl (C=O) groups excluding carboxylic acids is 1. The van der Waals surface area contributed by atoms with Crippen molar-refractivity contribution in [1.82, 2.24) is 10.5 Å². The monoisotopic (exact) mass is 394 g/mol. The highest BCUT2D eigenvalue weighted by atomic mass is 16.5. The molecule has 0 atom stereocenters. The van der Waals surface area contributed by atoms with E-state index in [0.717, 1.165) is 28.3 Å². The predicted molar refractivity (Wildman–Crippen MR) is 110 cm³/mol. The minimum atomic E-state index is -0.169. The molecule has 6 heteroatoms. The first kappa shape index (κ1) is 20.5. The van der Waals surface area contributed by atoms with E-state index >= 15 is 0 Å². The van der Waals surface area contributed by atoms with E-state index < -0.39 is 0 Å². The van der Waals surface area contributed by atoms with Crippen LogP contribution in [0, 0.1) is 27.7 Å². The summed E-state index contributed by atoms with van der Waals surface area (Å²) in [5, 5.41) is 6.79. The van der Waals surface area contributed by atoms with Gasteiger partial charge in [-0.05, 0) is 57.5 Å². The number of nitrogens with zero attached hydrogens (tertiary/aromatic N) is 1. The third-order valence-corrected chi connectivity index (χ3v) is 4.64. The summed E-state index contributed by atoms with van der Waals surface area (Å²) in [5.41, 5.74) is 4.54. The molecule has 0 bridgehead atoms. The van der Waals surface area contributed by atoms with E-state index in [2.05, 4.69) is 16.5 Å². The van der Waals surface area contributed by atoms with E-state index in [4.69, 9.17) is 14.0 Å². The number of carbonyl (C=O) groups is 1. The van der Waals surface area contributed by atoms with Crippen LogP contribution >= 0.6 is 0 Å². The second-order valence-electron chi connectivity index (χ2n) is 6.99. The predicted octanol–water partition coefficient (Wildman–Crippen LogP) is 4.30. The van der Waals surface area contributed by atoms with Gasteiger partial charge in [-0.25, -0.2) is 0 Å². The highest BCUT2D eigenvalue weighted by Gasteiger charge is 2.11. The molecule has 0 aliphatic heterocycles. The Morgan fingerprint density at radius 1 is 1.07 bits per heavy atom. The fraction of sp³-hybridized carbons (Fsp3) is 0.304. The highest BCUT2D eigenvalue weighted by Crippen LogP contribution is 2.19. The Bertz CT molecular complexity index is 975. The molecule has 6 nitrogen and oxygen atoms in total. The zero-order chi connectivity index (χ0) is 20.8. The highest BCUT2D eigenvalue weighted by molar-refractivity contribution is 5.94. The summed E-state index contributed by atoms with van der Waals surface area (Å²) in [6, 6.07) is 13.1. The van der Waals surface area contributed by atoms with Gasteiger partial charge in [-0.2, -0.15) is 0 Å². The SMILES string of the molecule is Cc1ccc(OCCNC(=O)c2cccc(OCc3c(C)noc3C)c2)c(C)c1. The van der Waals surface area contributed by atoms with Crippen LogP contribution in [0.4, 0.5) is 0 Å². The van der Waals surface area contributed by atoms with Crippen LogP contribution in [0.25, 0.3) is 0 Å². The van der Waals surface area contributed by atoms with Crippen molar-refractivity contribution < 1.29 is 18.8 Å². The maximum absolute atomic E-state index is 12.4. The topological polar surface area (TPSA) is 73.6 Å². The van der Waals surface area contributed by atoms with Gasteiger partial charge in [-0.15, -0.1) is 0 Å². The molecular weight excluding hydrogens is 368 g/mol. The van der Waals surface area contributed by atoms with Crippen LogP contribution in [0.5, 0.6) is 11.5 Å². The fourth-order valence-electron chi connectivity index (χ4n) is 2.98. The molecule has 0 unspecified atom stereocenters. The number of hydrogen-bond donors (Lipinski definition) is 1. The number of amides is 1. The van der Waals surface area contributed by atoms with E-state index in [1.54, 1.807) is 18.2 Å². The van der Waals surface area contributed by atoms with Gasteiger partial charge in [-0.1, -0.05) is 28.9 Å². The molecule has 2 aromatic carbocycles. The molecule has 29 heavy (non-hydrogen) atoms. The zero-order valence-electron chi connectivity index (χ0n) is 17.2. The van der Waals surface area contributed by atoms with Gasteiger partial charge in [0, 0.05) is 5.56 Å². The number of aromatic nitrogens is 1. The van der Waals surface area contributed by atoms with Crippen molar-refractivity contribution in [3.63, 3.8) is 0 Å². The van der Waals surface area contributed by atoms with E-state index in [-0.39, 0.29) is 5.91 Å². The molecular formula is C23H26N2O4. The Balaban J connectivity index is 1.50. The number of ether oxygens (including phenoxy) is 2. The standard InChI is InChI=1S/C23H26N2O4/c1-15-8-9-22(16(2)12-15)27-11-10-24-23(26)19-6-5-7-20(13-19)28-14-21-17(3)25-29-18(21)4/h5-9,12-13H,10-11,14H2,1-4H3,(H,24,26). The van der Waals surface area contributed by atoms with Crippen LogP contribution in [-0.2, 0) is 6.61 Å². The number of hydrogen-bond acceptors (Lipinski definition) is 5. The Morgan fingerprint density at radius 3 is 2.62 bits per heavy atom. The first-order valence-corrected chi connectivity index (χ1v) is 9.57. The van der Waals surface area contributed by atoms with E-state index in [1.165, 1.54) is 5.56 Å². The largest absolute Gasteiger partial charge is 0.491 e. The lowest BCUT2D eigenvalue weighted by atomic mass is 10.1. The molecule has 0 saturated heterocycles.